The van der Waals surface area contributed by atoms with Gasteiger partial charge in [-0.1, -0.05) is 42.7 Å². The highest BCUT2D eigenvalue weighted by Crippen LogP contribution is 2.28. The smallest absolute Gasteiger partial charge is 0.218 e. The molecule has 0 unspecified atom stereocenters. The molecule has 0 amide bonds. The summed E-state index contributed by atoms with van der Waals surface area (Å²) in [7, 11) is 0. The van der Waals surface area contributed by atoms with Gasteiger partial charge in [0.2, 0.25) is 10.3 Å². The van der Waals surface area contributed by atoms with Gasteiger partial charge in [-0.3, -0.25) is 9.47 Å². The van der Waals surface area contributed by atoms with Gasteiger partial charge >= 0.3 is 0 Å². The minimum absolute atomic E-state index is 0.693. The molecular weight excluding hydrogens is 444 g/mol. The number of nitrogens with zero attached hydrogens (tertiary/aromatic N) is 5. The molecule has 1 saturated carbocycles. The minimum Gasteiger partial charge on any atom is -0.494 e. The molecule has 3 heterocycles. The summed E-state index contributed by atoms with van der Waals surface area (Å²) in [4.78, 5) is 5.12. The predicted molar refractivity (Wildman–Crippen MR) is 138 cm³/mol. The largest absolute Gasteiger partial charge is 0.494 e. The van der Waals surface area contributed by atoms with Gasteiger partial charge in [0, 0.05) is 57.2 Å². The molecule has 1 N–H and O–H groups in total. The molecule has 1 aromatic carbocycles. The van der Waals surface area contributed by atoms with Crippen LogP contribution in [0.15, 0.2) is 42.6 Å². The topological polar surface area (TPSA) is 58.5 Å². The van der Waals surface area contributed by atoms with E-state index in [1.165, 1.54) is 43.4 Å². The van der Waals surface area contributed by atoms with Gasteiger partial charge in [0.25, 0.3) is 0 Å². The summed E-state index contributed by atoms with van der Waals surface area (Å²) >= 11 is 1.69. The second-order valence-electron chi connectivity index (χ2n) is 9.23. The maximum absolute atomic E-state index is 5.53. The van der Waals surface area contributed by atoms with Crippen molar-refractivity contribution in [3.8, 4) is 10.9 Å². The van der Waals surface area contributed by atoms with Gasteiger partial charge in [0.05, 0.1) is 6.61 Å². The molecule has 1 aliphatic carbocycles. The standard InChI is InChI=1S/C26H36N6OS/c1-2-33-24-12-10-21(11-13-24)19-27-20-23-9-6-14-32(23)26-29-28-25(34-26)31-17-15-30(16-18-31)22-7-4-3-5-8-22/h6,9-14,22,27H,2-5,7-8,15-20H2,1H3. The third-order valence-electron chi connectivity index (χ3n) is 6.99. The number of benzene rings is 1. The molecule has 2 aliphatic rings. The lowest BCUT2D eigenvalue weighted by Gasteiger charge is -2.40. The third-order valence-corrected chi connectivity index (χ3v) is 7.97. The van der Waals surface area contributed by atoms with Crippen molar-refractivity contribution in [3.05, 3.63) is 53.9 Å². The lowest BCUT2D eigenvalue weighted by atomic mass is 9.94. The first-order chi connectivity index (χ1) is 16.8. The minimum atomic E-state index is 0.693. The van der Waals surface area contributed by atoms with E-state index in [-0.39, 0.29) is 0 Å². The highest BCUT2D eigenvalue weighted by atomic mass is 32.1. The molecule has 1 saturated heterocycles. The van der Waals surface area contributed by atoms with Crippen LogP contribution in [0.5, 0.6) is 5.75 Å². The van der Waals surface area contributed by atoms with Crippen molar-refractivity contribution < 1.29 is 4.74 Å². The molecule has 34 heavy (non-hydrogen) atoms. The van der Waals surface area contributed by atoms with Crippen molar-refractivity contribution in [2.24, 2.45) is 0 Å². The van der Waals surface area contributed by atoms with Crippen molar-refractivity contribution in [1.29, 1.82) is 0 Å². The first kappa shape index (κ1) is 23.3. The maximum Gasteiger partial charge on any atom is 0.218 e. The first-order valence-corrected chi connectivity index (χ1v) is 13.5. The molecule has 8 heteroatoms. The number of anilines is 1. The fourth-order valence-corrected chi connectivity index (χ4v) is 6.02. The summed E-state index contributed by atoms with van der Waals surface area (Å²) in [6, 6.07) is 13.3. The number of nitrogens with one attached hydrogen (secondary N) is 1. The Kier molecular flexibility index (Phi) is 7.78. The third kappa shape index (κ3) is 5.62. The van der Waals surface area contributed by atoms with E-state index in [0.717, 1.165) is 61.3 Å². The molecule has 0 atom stereocenters. The molecular formula is C26H36N6OS. The lowest BCUT2D eigenvalue weighted by Crippen LogP contribution is -2.50. The van der Waals surface area contributed by atoms with Gasteiger partial charge in [-0.2, -0.15) is 0 Å². The number of hydrogen-bond donors (Lipinski definition) is 1. The highest BCUT2D eigenvalue weighted by molar-refractivity contribution is 7.17. The van der Waals surface area contributed by atoms with Crippen LogP contribution in [0.4, 0.5) is 5.13 Å². The summed E-state index contributed by atoms with van der Waals surface area (Å²) in [6.07, 6.45) is 9.07. The van der Waals surface area contributed by atoms with Crippen LogP contribution in [0.25, 0.3) is 5.13 Å². The summed E-state index contributed by atoms with van der Waals surface area (Å²) in [6.45, 7) is 8.66. The Bertz CT molecular complexity index is 1020. The van der Waals surface area contributed by atoms with Crippen LogP contribution in [0, 0.1) is 0 Å². The molecule has 0 radical (unpaired) electrons. The predicted octanol–water partition coefficient (Wildman–Crippen LogP) is 4.47. The quantitative estimate of drug-likeness (QED) is 0.488. The van der Waals surface area contributed by atoms with Crippen molar-refractivity contribution in [1.82, 2.24) is 25.0 Å². The fraction of sp³-hybridized carbons (Fsp3) is 0.538. The van der Waals surface area contributed by atoms with Gasteiger partial charge in [-0.05, 0) is 49.6 Å². The number of ether oxygens (including phenoxy) is 1. The summed E-state index contributed by atoms with van der Waals surface area (Å²) < 4.78 is 7.68. The van der Waals surface area contributed by atoms with E-state index in [4.69, 9.17) is 4.74 Å². The maximum atomic E-state index is 5.53. The Morgan fingerprint density at radius 1 is 0.941 bits per heavy atom. The Morgan fingerprint density at radius 2 is 1.71 bits per heavy atom. The molecule has 2 fully saturated rings. The van der Waals surface area contributed by atoms with Crippen molar-refractivity contribution >= 4 is 16.5 Å². The van der Waals surface area contributed by atoms with Gasteiger partial charge in [0.15, 0.2) is 0 Å². The van der Waals surface area contributed by atoms with E-state index in [0.29, 0.717) is 6.61 Å². The second kappa shape index (κ2) is 11.3. The zero-order valence-electron chi connectivity index (χ0n) is 20.2. The molecule has 2 aromatic heterocycles. The molecule has 3 aromatic rings. The highest BCUT2D eigenvalue weighted by Gasteiger charge is 2.26. The Hall–Kier alpha value is -2.42. The SMILES string of the molecule is CCOc1ccc(CNCc2cccn2-c2nnc(N3CCN(C4CCCCC4)CC3)s2)cc1. The number of aromatic nitrogens is 3. The van der Waals surface area contributed by atoms with Crippen molar-refractivity contribution in [2.45, 2.75) is 58.2 Å². The van der Waals surface area contributed by atoms with Gasteiger partial charge < -0.3 is 15.0 Å². The Balaban J connectivity index is 1.14. The summed E-state index contributed by atoms with van der Waals surface area (Å²) in [5.41, 5.74) is 2.43. The van der Waals surface area contributed by atoms with Crippen molar-refractivity contribution in [2.75, 3.05) is 37.7 Å². The van der Waals surface area contributed by atoms with E-state index < -0.39 is 0 Å². The molecule has 1 aliphatic heterocycles. The van der Waals surface area contributed by atoms with Crippen LogP contribution in [-0.4, -0.2) is 58.5 Å². The van der Waals surface area contributed by atoms with Crippen LogP contribution in [0.1, 0.15) is 50.3 Å². The van der Waals surface area contributed by atoms with Gasteiger partial charge in [-0.15, -0.1) is 10.2 Å². The normalized spacial score (nSPS) is 17.9. The molecule has 7 nitrogen and oxygen atoms in total. The van der Waals surface area contributed by atoms with E-state index >= 15 is 0 Å². The Labute approximate surface area is 206 Å². The van der Waals surface area contributed by atoms with E-state index in [9.17, 15) is 0 Å². The van der Waals surface area contributed by atoms with Crippen LogP contribution >= 0.6 is 11.3 Å². The average molecular weight is 481 g/mol. The van der Waals surface area contributed by atoms with Crippen LogP contribution in [0.2, 0.25) is 0 Å². The zero-order valence-corrected chi connectivity index (χ0v) is 21.0. The lowest BCUT2D eigenvalue weighted by molar-refractivity contribution is 0.148. The van der Waals surface area contributed by atoms with E-state index in [1.54, 1.807) is 11.3 Å². The van der Waals surface area contributed by atoms with Crippen LogP contribution < -0.4 is 15.0 Å². The molecule has 0 bridgehead atoms. The number of rotatable bonds is 9. The molecule has 0 spiro atoms. The van der Waals surface area contributed by atoms with Gasteiger partial charge in [0.1, 0.15) is 5.75 Å². The van der Waals surface area contributed by atoms with Crippen LogP contribution in [0.3, 0.4) is 0 Å². The van der Waals surface area contributed by atoms with Crippen LogP contribution in [-0.2, 0) is 13.1 Å². The van der Waals surface area contributed by atoms with Crippen molar-refractivity contribution in [3.63, 3.8) is 0 Å². The monoisotopic (exact) mass is 480 g/mol. The molecule has 182 valence electrons. The number of hydrogen-bond acceptors (Lipinski definition) is 7. The number of piperazine rings is 1. The Morgan fingerprint density at radius 3 is 2.47 bits per heavy atom. The second-order valence-corrected chi connectivity index (χ2v) is 10.2. The van der Waals surface area contributed by atoms with E-state index in [2.05, 4.69) is 60.3 Å². The first-order valence-electron chi connectivity index (χ1n) is 12.7. The van der Waals surface area contributed by atoms with E-state index in [1.807, 2.05) is 19.1 Å². The fourth-order valence-electron chi connectivity index (χ4n) is 5.11. The molecule has 5 rings (SSSR count). The van der Waals surface area contributed by atoms with Gasteiger partial charge in [-0.25, -0.2) is 0 Å². The average Bonchev–Trinajstić information content (AvgIpc) is 3.56. The summed E-state index contributed by atoms with van der Waals surface area (Å²) in [5.74, 6) is 0.919. The summed E-state index contributed by atoms with van der Waals surface area (Å²) in [5, 5.41) is 14.6. The zero-order chi connectivity index (χ0) is 23.2.